The Hall–Kier alpha value is -1.64. The maximum absolute atomic E-state index is 12.0. The molecule has 0 saturated carbocycles. The Labute approximate surface area is 130 Å². The van der Waals surface area contributed by atoms with Gasteiger partial charge < -0.3 is 15.0 Å². The fourth-order valence-electron chi connectivity index (χ4n) is 2.28. The van der Waals surface area contributed by atoms with E-state index in [-0.39, 0.29) is 17.9 Å². The molecule has 1 saturated heterocycles. The number of carbonyl (C=O) groups is 1. The van der Waals surface area contributed by atoms with Crippen LogP contribution in [0.1, 0.15) is 18.1 Å². The van der Waals surface area contributed by atoms with Gasteiger partial charge in [-0.05, 0) is 18.1 Å². The molecule has 1 aliphatic rings. The van der Waals surface area contributed by atoms with Crippen molar-refractivity contribution >= 4 is 16.1 Å². The number of carbonyl (C=O) groups excluding carboxylic acids is 1. The second kappa shape index (κ2) is 7.08. The van der Waals surface area contributed by atoms with Gasteiger partial charge in [-0.2, -0.15) is 0 Å². The highest BCUT2D eigenvalue weighted by Crippen LogP contribution is 2.08. The number of primary sulfonamides is 1. The predicted molar refractivity (Wildman–Crippen MR) is 82.5 cm³/mol. The minimum atomic E-state index is -3.52. The van der Waals surface area contributed by atoms with Crippen LogP contribution in [0.25, 0.3) is 0 Å². The number of morpholine rings is 1. The summed E-state index contributed by atoms with van der Waals surface area (Å²) in [6, 6.07) is 6.83. The van der Waals surface area contributed by atoms with E-state index in [1.807, 2.05) is 6.92 Å². The zero-order chi connectivity index (χ0) is 16.2. The maximum Gasteiger partial charge on any atom is 0.317 e. The number of rotatable bonds is 4. The summed E-state index contributed by atoms with van der Waals surface area (Å²) in [5.41, 5.74) is 1.52. The molecule has 1 heterocycles. The van der Waals surface area contributed by atoms with Crippen LogP contribution in [0.5, 0.6) is 0 Å². The number of hydrogen-bond donors (Lipinski definition) is 2. The Morgan fingerprint density at radius 2 is 2.00 bits per heavy atom. The highest BCUT2D eigenvalue weighted by Gasteiger charge is 2.20. The van der Waals surface area contributed by atoms with Crippen molar-refractivity contribution < 1.29 is 17.9 Å². The van der Waals surface area contributed by atoms with Crippen LogP contribution in [0.15, 0.2) is 24.3 Å². The van der Waals surface area contributed by atoms with E-state index in [0.29, 0.717) is 31.8 Å². The van der Waals surface area contributed by atoms with E-state index in [1.54, 1.807) is 29.2 Å². The predicted octanol–water partition coefficient (Wildman–Crippen LogP) is 0.405. The molecule has 0 spiro atoms. The van der Waals surface area contributed by atoms with Gasteiger partial charge in [0.1, 0.15) is 0 Å². The van der Waals surface area contributed by atoms with Crippen molar-refractivity contribution in [2.75, 3.05) is 19.7 Å². The SMILES string of the molecule is C[C@H]1CN(C(=O)NCc2ccc(CS(N)(=O)=O)cc2)CCO1. The van der Waals surface area contributed by atoms with E-state index < -0.39 is 10.0 Å². The van der Waals surface area contributed by atoms with Gasteiger partial charge in [-0.25, -0.2) is 18.4 Å². The van der Waals surface area contributed by atoms with Crippen molar-refractivity contribution in [3.63, 3.8) is 0 Å². The third-order valence-corrected chi connectivity index (χ3v) is 4.10. The van der Waals surface area contributed by atoms with Crippen molar-refractivity contribution in [3.8, 4) is 0 Å². The van der Waals surface area contributed by atoms with Crippen LogP contribution >= 0.6 is 0 Å². The molecule has 122 valence electrons. The minimum Gasteiger partial charge on any atom is -0.375 e. The summed E-state index contributed by atoms with van der Waals surface area (Å²) in [4.78, 5) is 13.8. The molecule has 2 rings (SSSR count). The van der Waals surface area contributed by atoms with Crippen LogP contribution in [0.4, 0.5) is 4.79 Å². The summed E-state index contributed by atoms with van der Waals surface area (Å²) < 4.78 is 27.4. The van der Waals surface area contributed by atoms with E-state index in [0.717, 1.165) is 5.56 Å². The minimum absolute atomic E-state index is 0.0528. The van der Waals surface area contributed by atoms with Gasteiger partial charge in [-0.3, -0.25) is 0 Å². The number of amides is 2. The molecule has 0 aromatic heterocycles. The molecule has 0 radical (unpaired) electrons. The molecule has 0 bridgehead atoms. The van der Waals surface area contributed by atoms with E-state index in [1.165, 1.54) is 0 Å². The van der Waals surface area contributed by atoms with Crippen LogP contribution < -0.4 is 10.5 Å². The first-order valence-corrected chi connectivity index (χ1v) is 8.78. The van der Waals surface area contributed by atoms with E-state index in [2.05, 4.69) is 5.32 Å². The Balaban J connectivity index is 1.85. The number of nitrogens with zero attached hydrogens (tertiary/aromatic N) is 1. The van der Waals surface area contributed by atoms with Crippen LogP contribution in [0.3, 0.4) is 0 Å². The van der Waals surface area contributed by atoms with Crippen LogP contribution in [-0.2, 0) is 27.1 Å². The zero-order valence-electron chi connectivity index (χ0n) is 12.5. The van der Waals surface area contributed by atoms with Gasteiger partial charge in [-0.15, -0.1) is 0 Å². The van der Waals surface area contributed by atoms with Gasteiger partial charge in [0.25, 0.3) is 0 Å². The van der Waals surface area contributed by atoms with Gasteiger partial charge in [0.15, 0.2) is 0 Å². The van der Waals surface area contributed by atoms with Crippen molar-refractivity contribution in [1.29, 1.82) is 0 Å². The van der Waals surface area contributed by atoms with Gasteiger partial charge in [0.05, 0.1) is 18.5 Å². The molecule has 1 fully saturated rings. The zero-order valence-corrected chi connectivity index (χ0v) is 13.3. The van der Waals surface area contributed by atoms with Gasteiger partial charge in [0.2, 0.25) is 10.0 Å². The topological polar surface area (TPSA) is 102 Å². The van der Waals surface area contributed by atoms with Gasteiger partial charge >= 0.3 is 6.03 Å². The first kappa shape index (κ1) is 16.7. The van der Waals surface area contributed by atoms with Crippen LogP contribution in [0, 0.1) is 0 Å². The third-order valence-electron chi connectivity index (χ3n) is 3.36. The summed E-state index contributed by atoms with van der Waals surface area (Å²) in [7, 11) is -3.52. The smallest absolute Gasteiger partial charge is 0.317 e. The van der Waals surface area contributed by atoms with E-state index in [4.69, 9.17) is 9.88 Å². The standard InChI is InChI=1S/C14H21N3O4S/c1-11-9-17(6-7-21-11)14(18)16-8-12-2-4-13(5-3-12)10-22(15,19)20/h2-5,11H,6-10H2,1H3,(H,16,18)(H2,15,19,20)/t11-/m0/s1. The van der Waals surface area contributed by atoms with Crippen LogP contribution in [0.2, 0.25) is 0 Å². The highest BCUT2D eigenvalue weighted by molar-refractivity contribution is 7.88. The number of urea groups is 1. The molecule has 2 amide bonds. The quantitative estimate of drug-likeness (QED) is 0.836. The molecule has 7 nitrogen and oxygen atoms in total. The Morgan fingerprint density at radius 3 is 2.59 bits per heavy atom. The first-order valence-electron chi connectivity index (χ1n) is 7.06. The number of sulfonamides is 1. The van der Waals surface area contributed by atoms with E-state index in [9.17, 15) is 13.2 Å². The second-order valence-electron chi connectivity index (χ2n) is 5.41. The summed E-state index contributed by atoms with van der Waals surface area (Å²) >= 11 is 0. The summed E-state index contributed by atoms with van der Waals surface area (Å²) in [6.07, 6.45) is 0.0528. The fraction of sp³-hybridized carbons (Fsp3) is 0.500. The monoisotopic (exact) mass is 327 g/mol. The molecule has 3 N–H and O–H groups in total. The Morgan fingerprint density at radius 1 is 1.36 bits per heavy atom. The van der Waals surface area contributed by atoms with Crippen molar-refractivity contribution in [1.82, 2.24) is 10.2 Å². The van der Waals surface area contributed by atoms with Gasteiger partial charge in [-0.1, -0.05) is 24.3 Å². The van der Waals surface area contributed by atoms with Crippen molar-refractivity contribution in [3.05, 3.63) is 35.4 Å². The normalized spacial score (nSPS) is 19.0. The number of ether oxygens (including phenoxy) is 1. The molecular weight excluding hydrogens is 306 g/mol. The number of benzene rings is 1. The average Bonchev–Trinajstić information content (AvgIpc) is 2.44. The molecule has 0 aliphatic carbocycles. The maximum atomic E-state index is 12.0. The molecule has 1 aliphatic heterocycles. The lowest BCUT2D eigenvalue weighted by molar-refractivity contribution is -0.00351. The van der Waals surface area contributed by atoms with E-state index >= 15 is 0 Å². The molecule has 0 unspecified atom stereocenters. The second-order valence-corrected chi connectivity index (χ2v) is 7.02. The lowest BCUT2D eigenvalue weighted by atomic mass is 10.1. The molecule has 22 heavy (non-hydrogen) atoms. The first-order chi connectivity index (χ1) is 10.3. The molecule has 8 heteroatoms. The summed E-state index contributed by atoms with van der Waals surface area (Å²) in [5, 5.41) is 7.84. The lowest BCUT2D eigenvalue weighted by Crippen LogP contribution is -2.48. The molecule has 1 atom stereocenters. The summed E-state index contributed by atoms with van der Waals surface area (Å²) in [6.45, 7) is 4.04. The number of hydrogen-bond acceptors (Lipinski definition) is 4. The fourth-order valence-corrected chi connectivity index (χ4v) is 2.94. The van der Waals surface area contributed by atoms with Crippen molar-refractivity contribution in [2.24, 2.45) is 5.14 Å². The number of nitrogens with one attached hydrogen (secondary N) is 1. The third kappa shape index (κ3) is 5.28. The largest absolute Gasteiger partial charge is 0.375 e. The molecule has 1 aromatic carbocycles. The average molecular weight is 327 g/mol. The highest BCUT2D eigenvalue weighted by atomic mass is 32.2. The summed E-state index contributed by atoms with van der Waals surface area (Å²) in [5.74, 6) is -0.189. The Kier molecular flexibility index (Phi) is 5.38. The molecule has 1 aromatic rings. The number of nitrogens with two attached hydrogens (primary N) is 1. The van der Waals surface area contributed by atoms with Gasteiger partial charge in [0, 0.05) is 19.6 Å². The Bertz CT molecular complexity index is 615. The lowest BCUT2D eigenvalue weighted by Gasteiger charge is -2.31. The van der Waals surface area contributed by atoms with Crippen molar-refractivity contribution in [2.45, 2.75) is 25.3 Å². The van der Waals surface area contributed by atoms with Crippen LogP contribution in [-0.4, -0.2) is 45.1 Å². The molecular formula is C14H21N3O4S.